The van der Waals surface area contributed by atoms with Crippen molar-refractivity contribution >= 4 is 28.5 Å². The van der Waals surface area contributed by atoms with E-state index in [1.807, 2.05) is 0 Å². The summed E-state index contributed by atoms with van der Waals surface area (Å²) in [4.78, 5) is 8.64. The number of benzene rings is 2. The van der Waals surface area contributed by atoms with Crippen molar-refractivity contribution in [1.82, 2.24) is 9.97 Å². The average Bonchev–Trinajstić information content (AvgIpc) is 2.46. The summed E-state index contributed by atoms with van der Waals surface area (Å²) >= 11 is 6.00. The predicted molar refractivity (Wildman–Crippen MR) is 85.7 cm³/mol. The van der Waals surface area contributed by atoms with Crippen LogP contribution >= 0.6 is 11.6 Å². The summed E-state index contributed by atoms with van der Waals surface area (Å²) in [5.41, 5.74) is 12.4. The molecule has 0 radical (unpaired) electrons. The molecule has 112 valence electrons. The molecular weight excluding hydrogens is 305 g/mol. The largest absolute Gasteiger partial charge is 0.327 e. The lowest BCUT2D eigenvalue weighted by Crippen LogP contribution is -2.39. The normalized spacial score (nSPS) is 11.1. The Labute approximate surface area is 131 Å². The van der Waals surface area contributed by atoms with E-state index in [1.165, 1.54) is 6.07 Å². The molecule has 0 aliphatic carbocycles. The summed E-state index contributed by atoms with van der Waals surface area (Å²) in [5.74, 6) is -0.163. The van der Waals surface area contributed by atoms with Gasteiger partial charge in [0.15, 0.2) is 0 Å². The zero-order chi connectivity index (χ0) is 15.7. The van der Waals surface area contributed by atoms with Gasteiger partial charge in [0, 0.05) is 16.0 Å². The first kappa shape index (κ1) is 14.6. The highest BCUT2D eigenvalue weighted by atomic mass is 35.5. The number of nitrogens with one attached hydrogen (secondary N) is 1. The molecule has 7 heteroatoms. The molecule has 0 aliphatic rings. The third-order valence-corrected chi connectivity index (χ3v) is 3.32. The average molecular weight is 318 g/mol. The first-order valence-electron chi connectivity index (χ1n) is 6.54. The van der Waals surface area contributed by atoms with Gasteiger partial charge in [-0.15, -0.1) is 0 Å². The van der Waals surface area contributed by atoms with Crippen LogP contribution in [-0.2, 0) is 0 Å². The van der Waals surface area contributed by atoms with Crippen LogP contribution in [0.4, 0.5) is 10.3 Å². The Balaban J connectivity index is 2.29. The molecule has 3 rings (SSSR count). The van der Waals surface area contributed by atoms with Gasteiger partial charge in [-0.05, 0) is 30.3 Å². The summed E-state index contributed by atoms with van der Waals surface area (Å²) in [6, 6.07) is 11.5. The van der Waals surface area contributed by atoms with Gasteiger partial charge >= 0.3 is 0 Å². The Bertz CT molecular complexity index is 837. The van der Waals surface area contributed by atoms with E-state index in [-0.39, 0.29) is 11.8 Å². The molecule has 1 heterocycles. The Kier molecular flexibility index (Phi) is 3.89. The Morgan fingerprint density at radius 2 is 1.86 bits per heavy atom. The molecule has 2 aromatic carbocycles. The van der Waals surface area contributed by atoms with E-state index in [1.54, 1.807) is 36.4 Å². The van der Waals surface area contributed by atoms with Crippen molar-refractivity contribution in [3.8, 4) is 11.3 Å². The number of nitrogens with zero attached hydrogens (tertiary/aromatic N) is 2. The molecule has 22 heavy (non-hydrogen) atoms. The van der Waals surface area contributed by atoms with Crippen LogP contribution < -0.4 is 16.8 Å². The molecule has 0 amide bonds. The molecule has 0 spiro atoms. The van der Waals surface area contributed by atoms with Crippen LogP contribution in [0.1, 0.15) is 0 Å². The van der Waals surface area contributed by atoms with Crippen LogP contribution in [0.25, 0.3) is 22.2 Å². The first-order valence-corrected chi connectivity index (χ1v) is 6.92. The number of fused-ring (bicyclic) bond motifs is 1. The number of nitrogens with two attached hydrogens (primary N) is 2. The van der Waals surface area contributed by atoms with Crippen molar-refractivity contribution in [2.45, 2.75) is 6.29 Å². The molecule has 0 saturated heterocycles. The van der Waals surface area contributed by atoms with E-state index in [4.69, 9.17) is 23.1 Å². The van der Waals surface area contributed by atoms with E-state index >= 15 is 0 Å². The molecule has 0 fully saturated rings. The first-order chi connectivity index (χ1) is 10.5. The van der Waals surface area contributed by atoms with E-state index < -0.39 is 6.29 Å². The van der Waals surface area contributed by atoms with Crippen molar-refractivity contribution in [3.63, 3.8) is 0 Å². The third-order valence-electron chi connectivity index (χ3n) is 3.08. The number of halogens is 2. The Morgan fingerprint density at radius 3 is 2.59 bits per heavy atom. The van der Waals surface area contributed by atoms with Gasteiger partial charge in [-0.1, -0.05) is 23.7 Å². The Morgan fingerprint density at radius 1 is 1.09 bits per heavy atom. The van der Waals surface area contributed by atoms with Crippen LogP contribution in [0, 0.1) is 5.82 Å². The molecule has 3 aromatic rings. The standard InChI is InChI=1S/C15H13ClFN5/c16-8-5-6-10-12(7-8)20-15(22-14(18)19)21-13(10)9-3-1-2-4-11(9)17/h1-7,14H,18-19H2,(H,20,21,22). The molecule has 0 atom stereocenters. The molecule has 1 aromatic heterocycles. The molecule has 0 saturated carbocycles. The van der Waals surface area contributed by atoms with Gasteiger partial charge in [-0.3, -0.25) is 11.5 Å². The van der Waals surface area contributed by atoms with E-state index in [0.29, 0.717) is 27.2 Å². The zero-order valence-electron chi connectivity index (χ0n) is 11.4. The quantitative estimate of drug-likeness (QED) is 0.646. The van der Waals surface area contributed by atoms with Gasteiger partial charge in [0.05, 0.1) is 11.2 Å². The lowest BCUT2D eigenvalue weighted by atomic mass is 10.1. The van der Waals surface area contributed by atoms with Crippen molar-refractivity contribution in [3.05, 3.63) is 53.3 Å². The number of rotatable bonds is 3. The van der Waals surface area contributed by atoms with E-state index in [9.17, 15) is 4.39 Å². The third kappa shape index (κ3) is 2.85. The second-order valence-corrected chi connectivity index (χ2v) is 5.14. The van der Waals surface area contributed by atoms with Gasteiger partial charge in [-0.25, -0.2) is 14.4 Å². The lowest BCUT2D eigenvalue weighted by Gasteiger charge is -2.12. The fourth-order valence-electron chi connectivity index (χ4n) is 2.17. The summed E-state index contributed by atoms with van der Waals surface area (Å²) in [6.45, 7) is 0. The Hall–Kier alpha value is -2.28. The van der Waals surface area contributed by atoms with E-state index in [2.05, 4.69) is 15.3 Å². The fraction of sp³-hybridized carbons (Fsp3) is 0.0667. The summed E-state index contributed by atoms with van der Waals surface area (Å²) in [5, 5.41) is 3.92. The smallest absolute Gasteiger partial charge is 0.226 e. The highest BCUT2D eigenvalue weighted by molar-refractivity contribution is 6.31. The minimum atomic E-state index is -0.829. The van der Waals surface area contributed by atoms with Gasteiger partial charge in [0.1, 0.15) is 12.1 Å². The van der Waals surface area contributed by atoms with Crippen molar-refractivity contribution in [2.75, 3.05) is 5.32 Å². The van der Waals surface area contributed by atoms with Crippen LogP contribution in [-0.4, -0.2) is 16.3 Å². The monoisotopic (exact) mass is 317 g/mol. The maximum Gasteiger partial charge on any atom is 0.226 e. The van der Waals surface area contributed by atoms with Crippen molar-refractivity contribution in [2.24, 2.45) is 11.5 Å². The maximum atomic E-state index is 14.1. The second-order valence-electron chi connectivity index (χ2n) is 4.71. The predicted octanol–water partition coefficient (Wildman–Crippen LogP) is 2.70. The van der Waals surface area contributed by atoms with Crippen LogP contribution in [0.15, 0.2) is 42.5 Å². The number of hydrogen-bond acceptors (Lipinski definition) is 5. The topological polar surface area (TPSA) is 89.8 Å². The summed E-state index contributed by atoms with van der Waals surface area (Å²) in [7, 11) is 0. The second kappa shape index (κ2) is 5.84. The van der Waals surface area contributed by atoms with Gasteiger partial charge in [-0.2, -0.15) is 0 Å². The minimum Gasteiger partial charge on any atom is -0.327 e. The number of aromatic nitrogens is 2. The molecule has 0 unspecified atom stereocenters. The minimum absolute atomic E-state index is 0.211. The highest BCUT2D eigenvalue weighted by Crippen LogP contribution is 2.30. The van der Waals surface area contributed by atoms with Crippen LogP contribution in [0.5, 0.6) is 0 Å². The van der Waals surface area contributed by atoms with Crippen LogP contribution in [0.3, 0.4) is 0 Å². The lowest BCUT2D eigenvalue weighted by molar-refractivity contribution is 0.631. The fourth-order valence-corrected chi connectivity index (χ4v) is 2.34. The van der Waals surface area contributed by atoms with Crippen molar-refractivity contribution in [1.29, 1.82) is 0 Å². The van der Waals surface area contributed by atoms with Gasteiger partial charge in [0.2, 0.25) is 5.95 Å². The SMILES string of the molecule is NC(N)Nc1nc(-c2ccccc2F)c2ccc(Cl)cc2n1. The summed E-state index contributed by atoms with van der Waals surface area (Å²) < 4.78 is 14.1. The molecule has 5 nitrogen and oxygen atoms in total. The van der Waals surface area contributed by atoms with Gasteiger partial charge in [0.25, 0.3) is 0 Å². The maximum absolute atomic E-state index is 14.1. The molecular formula is C15H13ClFN5. The zero-order valence-corrected chi connectivity index (χ0v) is 12.2. The molecule has 0 aliphatic heterocycles. The van der Waals surface area contributed by atoms with E-state index in [0.717, 1.165) is 0 Å². The number of hydrogen-bond donors (Lipinski definition) is 3. The molecule has 0 bridgehead atoms. The highest BCUT2D eigenvalue weighted by Gasteiger charge is 2.14. The summed E-state index contributed by atoms with van der Waals surface area (Å²) in [6.07, 6.45) is -0.829. The number of anilines is 1. The van der Waals surface area contributed by atoms with Crippen molar-refractivity contribution < 1.29 is 4.39 Å². The molecule has 5 N–H and O–H groups in total. The van der Waals surface area contributed by atoms with Gasteiger partial charge < -0.3 is 5.32 Å². The van der Waals surface area contributed by atoms with Crippen LogP contribution in [0.2, 0.25) is 5.02 Å².